The summed E-state index contributed by atoms with van der Waals surface area (Å²) in [4.78, 5) is 16.7. The van der Waals surface area contributed by atoms with Gasteiger partial charge in [-0.2, -0.15) is 0 Å². The predicted octanol–water partition coefficient (Wildman–Crippen LogP) is 4.84. The molecule has 6 heteroatoms. The zero-order valence-electron chi connectivity index (χ0n) is 15.7. The molecule has 0 fully saturated rings. The molecule has 1 heterocycles. The van der Waals surface area contributed by atoms with Crippen LogP contribution >= 0.6 is 0 Å². The van der Waals surface area contributed by atoms with Crippen LogP contribution in [0.1, 0.15) is 29.8 Å². The molecule has 0 radical (unpaired) electrons. The summed E-state index contributed by atoms with van der Waals surface area (Å²) in [6.07, 6.45) is 1.54. The van der Waals surface area contributed by atoms with E-state index >= 15 is 0 Å². The van der Waals surface area contributed by atoms with Crippen molar-refractivity contribution in [1.29, 1.82) is 0 Å². The zero-order chi connectivity index (χ0) is 19.9. The third-order valence-corrected chi connectivity index (χ3v) is 3.74. The molecule has 0 aliphatic heterocycles. The molecule has 0 atom stereocenters. The second kappa shape index (κ2) is 8.99. The van der Waals surface area contributed by atoms with E-state index in [0.29, 0.717) is 22.7 Å². The molecular weight excluding hydrogens is 359 g/mol. The van der Waals surface area contributed by atoms with E-state index in [1.54, 1.807) is 60.8 Å². The Hall–Kier alpha value is -3.41. The largest absolute Gasteiger partial charge is 0.491 e. The maximum Gasteiger partial charge on any atom is 0.256 e. The number of carbonyl (C=O) groups excluding carboxylic acids is 1. The zero-order valence-corrected chi connectivity index (χ0v) is 15.7. The van der Waals surface area contributed by atoms with Crippen molar-refractivity contribution in [1.82, 2.24) is 4.98 Å². The molecule has 1 amide bonds. The number of nitrogens with one attached hydrogen (secondary N) is 1. The molecule has 0 unspecified atom stereocenters. The van der Waals surface area contributed by atoms with Gasteiger partial charge in [-0.25, -0.2) is 9.37 Å². The summed E-state index contributed by atoms with van der Waals surface area (Å²) in [5, 5.41) is 2.74. The Kier molecular flexibility index (Phi) is 6.22. The van der Waals surface area contributed by atoms with Crippen molar-refractivity contribution in [3.05, 3.63) is 83.8 Å². The van der Waals surface area contributed by atoms with E-state index in [-0.39, 0.29) is 24.4 Å². The lowest BCUT2D eigenvalue weighted by Crippen LogP contribution is -2.14. The van der Waals surface area contributed by atoms with Gasteiger partial charge < -0.3 is 14.8 Å². The minimum absolute atomic E-state index is 0.0607. The lowest BCUT2D eigenvalue weighted by Gasteiger charge is -2.14. The van der Waals surface area contributed by atoms with Crippen molar-refractivity contribution in [2.24, 2.45) is 0 Å². The minimum Gasteiger partial charge on any atom is -0.491 e. The van der Waals surface area contributed by atoms with Crippen LogP contribution in [-0.4, -0.2) is 17.0 Å². The number of halogens is 1. The van der Waals surface area contributed by atoms with Gasteiger partial charge in [-0.15, -0.1) is 0 Å². The summed E-state index contributed by atoms with van der Waals surface area (Å²) in [7, 11) is 0. The number of ether oxygens (including phenoxy) is 2. The Bertz CT molecular complexity index is 946. The first-order chi connectivity index (χ1) is 13.5. The summed E-state index contributed by atoms with van der Waals surface area (Å²) in [5.41, 5.74) is 1.09. The van der Waals surface area contributed by atoms with Gasteiger partial charge in [0.15, 0.2) is 11.6 Å². The van der Waals surface area contributed by atoms with Gasteiger partial charge in [-0.1, -0.05) is 18.2 Å². The maximum atomic E-state index is 13.8. The first-order valence-electron chi connectivity index (χ1n) is 8.91. The van der Waals surface area contributed by atoms with Crippen LogP contribution in [0, 0.1) is 5.82 Å². The highest BCUT2D eigenvalue weighted by atomic mass is 19.1. The van der Waals surface area contributed by atoms with E-state index in [4.69, 9.17) is 9.47 Å². The third-order valence-electron chi connectivity index (χ3n) is 3.74. The molecule has 2 aromatic carbocycles. The number of rotatable bonds is 7. The quantitative estimate of drug-likeness (QED) is 0.637. The van der Waals surface area contributed by atoms with E-state index in [9.17, 15) is 9.18 Å². The molecule has 0 saturated heterocycles. The number of aromatic nitrogens is 1. The number of amides is 1. The number of pyridine rings is 1. The lowest BCUT2D eigenvalue weighted by atomic mass is 10.1. The number of hydrogen-bond donors (Lipinski definition) is 1. The third kappa shape index (κ3) is 5.30. The molecule has 1 aromatic heterocycles. The van der Waals surface area contributed by atoms with E-state index in [1.165, 1.54) is 6.07 Å². The Morgan fingerprint density at radius 1 is 1.11 bits per heavy atom. The van der Waals surface area contributed by atoms with Crippen molar-refractivity contribution < 1.29 is 18.7 Å². The number of hydrogen-bond acceptors (Lipinski definition) is 4. The molecule has 0 saturated carbocycles. The summed E-state index contributed by atoms with van der Waals surface area (Å²) in [5.74, 6) is 0.380. The fourth-order valence-corrected chi connectivity index (χ4v) is 2.56. The van der Waals surface area contributed by atoms with Crippen LogP contribution in [-0.2, 0) is 6.61 Å². The first kappa shape index (κ1) is 19.4. The average molecular weight is 380 g/mol. The summed E-state index contributed by atoms with van der Waals surface area (Å²) in [6.45, 7) is 3.90. The molecule has 5 nitrogen and oxygen atoms in total. The summed E-state index contributed by atoms with van der Waals surface area (Å²) < 4.78 is 25.1. The van der Waals surface area contributed by atoms with Crippen LogP contribution in [0.3, 0.4) is 0 Å². The Balaban J connectivity index is 1.82. The van der Waals surface area contributed by atoms with Gasteiger partial charge in [0, 0.05) is 11.8 Å². The van der Waals surface area contributed by atoms with Crippen molar-refractivity contribution in [2.75, 3.05) is 5.32 Å². The number of carbonyl (C=O) groups is 1. The molecule has 28 heavy (non-hydrogen) atoms. The highest BCUT2D eigenvalue weighted by Gasteiger charge is 2.12. The van der Waals surface area contributed by atoms with E-state index in [1.807, 2.05) is 13.8 Å². The SMILES string of the molecule is CC(C)Oc1cc(COc2ccccc2F)cc(C(=O)Nc2ccccn2)c1. The van der Waals surface area contributed by atoms with Gasteiger partial charge in [-0.05, 0) is 61.9 Å². The fourth-order valence-electron chi connectivity index (χ4n) is 2.56. The lowest BCUT2D eigenvalue weighted by molar-refractivity contribution is 0.102. The molecule has 3 aromatic rings. The molecule has 0 spiro atoms. The average Bonchev–Trinajstić information content (AvgIpc) is 2.67. The predicted molar refractivity (Wildman–Crippen MR) is 105 cm³/mol. The highest BCUT2D eigenvalue weighted by molar-refractivity contribution is 6.04. The normalized spacial score (nSPS) is 10.6. The Morgan fingerprint density at radius 3 is 2.61 bits per heavy atom. The summed E-state index contributed by atoms with van der Waals surface area (Å²) >= 11 is 0. The van der Waals surface area contributed by atoms with Crippen LogP contribution in [0.25, 0.3) is 0 Å². The van der Waals surface area contributed by atoms with Crippen molar-refractivity contribution in [2.45, 2.75) is 26.6 Å². The molecule has 144 valence electrons. The van der Waals surface area contributed by atoms with Crippen LogP contribution in [0.4, 0.5) is 10.2 Å². The molecule has 1 N–H and O–H groups in total. The summed E-state index contributed by atoms with van der Waals surface area (Å²) in [6, 6.07) is 16.6. The maximum absolute atomic E-state index is 13.8. The van der Waals surface area contributed by atoms with Crippen molar-refractivity contribution in [3.8, 4) is 11.5 Å². The van der Waals surface area contributed by atoms with Crippen molar-refractivity contribution in [3.63, 3.8) is 0 Å². The van der Waals surface area contributed by atoms with Gasteiger partial charge in [-0.3, -0.25) is 4.79 Å². The fraction of sp³-hybridized carbons (Fsp3) is 0.182. The van der Waals surface area contributed by atoms with Crippen LogP contribution in [0.5, 0.6) is 11.5 Å². The second-order valence-corrected chi connectivity index (χ2v) is 6.42. The van der Waals surface area contributed by atoms with E-state index < -0.39 is 5.82 Å². The van der Waals surface area contributed by atoms with E-state index in [0.717, 1.165) is 0 Å². The monoisotopic (exact) mass is 380 g/mol. The Labute approximate surface area is 163 Å². The number of para-hydroxylation sites is 1. The van der Waals surface area contributed by atoms with Gasteiger partial charge >= 0.3 is 0 Å². The minimum atomic E-state index is -0.440. The highest BCUT2D eigenvalue weighted by Crippen LogP contribution is 2.22. The molecular formula is C22H21FN2O3. The van der Waals surface area contributed by atoms with Crippen LogP contribution in [0.2, 0.25) is 0 Å². The van der Waals surface area contributed by atoms with Crippen LogP contribution < -0.4 is 14.8 Å². The van der Waals surface area contributed by atoms with E-state index in [2.05, 4.69) is 10.3 Å². The number of anilines is 1. The van der Waals surface area contributed by atoms with Gasteiger partial charge in [0.1, 0.15) is 18.2 Å². The topological polar surface area (TPSA) is 60.5 Å². The van der Waals surface area contributed by atoms with Gasteiger partial charge in [0.05, 0.1) is 6.10 Å². The number of benzene rings is 2. The molecule has 0 aliphatic rings. The molecule has 3 rings (SSSR count). The molecule has 0 aliphatic carbocycles. The smallest absolute Gasteiger partial charge is 0.256 e. The van der Waals surface area contributed by atoms with Gasteiger partial charge in [0.25, 0.3) is 5.91 Å². The standard InChI is InChI=1S/C22H21FN2O3/c1-15(2)28-18-12-16(14-27-20-8-4-3-7-19(20)23)11-17(13-18)22(26)25-21-9-5-6-10-24-21/h3-13,15H,14H2,1-2H3,(H,24,25,26). The second-order valence-electron chi connectivity index (χ2n) is 6.42. The number of nitrogens with zero attached hydrogens (tertiary/aromatic N) is 1. The molecule has 0 bridgehead atoms. The van der Waals surface area contributed by atoms with Crippen LogP contribution in [0.15, 0.2) is 66.9 Å². The Morgan fingerprint density at radius 2 is 1.89 bits per heavy atom. The first-order valence-corrected chi connectivity index (χ1v) is 8.91. The van der Waals surface area contributed by atoms with Gasteiger partial charge in [0.2, 0.25) is 0 Å². The van der Waals surface area contributed by atoms with Crippen molar-refractivity contribution >= 4 is 11.7 Å².